The molecule has 0 spiro atoms. The molecule has 1 aromatic heterocycles. The van der Waals surface area contributed by atoms with E-state index in [0.29, 0.717) is 17.1 Å². The number of aliphatic carboxylic acids is 1. The van der Waals surface area contributed by atoms with Crippen LogP contribution in [-0.2, 0) is 20.8 Å². The number of amides is 2. The summed E-state index contributed by atoms with van der Waals surface area (Å²) in [7, 11) is 0. The fourth-order valence-corrected chi connectivity index (χ4v) is 2.38. The third-order valence-electron chi connectivity index (χ3n) is 3.75. The summed E-state index contributed by atoms with van der Waals surface area (Å²) in [6.45, 7) is 0. The monoisotopic (exact) mass is 383 g/mol. The number of nitrogens with zero attached hydrogens (tertiary/aromatic N) is 2. The van der Waals surface area contributed by atoms with Gasteiger partial charge in [-0.3, -0.25) is 14.4 Å². The summed E-state index contributed by atoms with van der Waals surface area (Å²) in [6, 6.07) is 10.3. The zero-order chi connectivity index (χ0) is 20.4. The molecule has 28 heavy (non-hydrogen) atoms. The van der Waals surface area contributed by atoms with E-state index in [0.717, 1.165) is 5.56 Å². The van der Waals surface area contributed by atoms with Crippen LogP contribution in [0.4, 0.5) is 11.5 Å². The van der Waals surface area contributed by atoms with E-state index in [2.05, 4.69) is 20.7 Å². The smallest absolute Gasteiger partial charge is 0.303 e. The molecule has 2 aromatic rings. The van der Waals surface area contributed by atoms with Crippen LogP contribution in [0.5, 0.6) is 0 Å². The van der Waals surface area contributed by atoms with Crippen molar-refractivity contribution in [2.24, 2.45) is 10.9 Å². The van der Waals surface area contributed by atoms with Crippen molar-refractivity contribution in [3.63, 3.8) is 0 Å². The number of aryl methyl sites for hydroxylation is 1. The number of carboxylic acids is 1. The summed E-state index contributed by atoms with van der Waals surface area (Å²) in [5.74, 6) is 3.78. The van der Waals surface area contributed by atoms with E-state index in [1.165, 1.54) is 12.4 Å². The number of nitrogens with one attached hydrogen (secondary N) is 2. The number of hydrogen-bond acceptors (Lipinski definition) is 6. The van der Waals surface area contributed by atoms with E-state index in [1.54, 1.807) is 36.4 Å². The Morgan fingerprint density at radius 2 is 1.71 bits per heavy atom. The zero-order valence-corrected chi connectivity index (χ0v) is 15.1. The van der Waals surface area contributed by atoms with E-state index in [4.69, 9.17) is 10.9 Å². The van der Waals surface area contributed by atoms with Crippen LogP contribution in [0.2, 0.25) is 0 Å². The first-order valence-electron chi connectivity index (χ1n) is 8.56. The molecule has 146 valence electrons. The van der Waals surface area contributed by atoms with Gasteiger partial charge in [-0.05, 0) is 35.7 Å². The Hall–Kier alpha value is -3.75. The van der Waals surface area contributed by atoms with Crippen LogP contribution in [0.25, 0.3) is 0 Å². The van der Waals surface area contributed by atoms with Crippen LogP contribution in [0.15, 0.2) is 47.7 Å². The predicted octanol–water partition coefficient (Wildman–Crippen LogP) is 1.75. The number of benzene rings is 1. The number of carbonyl (C=O) groups excluding carboxylic acids is 2. The molecule has 9 nitrogen and oxygen atoms in total. The first kappa shape index (κ1) is 20.6. The summed E-state index contributed by atoms with van der Waals surface area (Å²) < 4.78 is 0. The van der Waals surface area contributed by atoms with Gasteiger partial charge in [0.2, 0.25) is 11.8 Å². The molecule has 0 radical (unpaired) electrons. The van der Waals surface area contributed by atoms with Crippen molar-refractivity contribution in [1.82, 2.24) is 4.98 Å². The van der Waals surface area contributed by atoms with Crippen molar-refractivity contribution in [2.75, 3.05) is 10.6 Å². The van der Waals surface area contributed by atoms with Gasteiger partial charge in [-0.2, -0.15) is 5.10 Å². The maximum atomic E-state index is 12.1. The van der Waals surface area contributed by atoms with Gasteiger partial charge in [-0.25, -0.2) is 4.98 Å². The molecular formula is C19H21N5O4. The molecule has 1 aromatic carbocycles. The normalized spacial score (nSPS) is 10.6. The van der Waals surface area contributed by atoms with Gasteiger partial charge in [-0.1, -0.05) is 18.2 Å². The van der Waals surface area contributed by atoms with Crippen molar-refractivity contribution >= 4 is 35.5 Å². The quantitative estimate of drug-likeness (QED) is 0.295. The molecule has 0 aliphatic carbocycles. The number of hydrogen-bond donors (Lipinski definition) is 4. The standard InChI is InChI=1S/C19H21N5O4/c20-22-12-13-3-6-15(7-4-13)23-16(25)8-9-17(26)24-19-14(2-1-11-21-19)5-10-18(27)28/h1-4,6-7,11-12H,5,8-10,20H2,(H,23,25)(H,27,28)(H,21,24,26). The molecule has 0 aliphatic heterocycles. The van der Waals surface area contributed by atoms with Gasteiger partial charge in [-0.15, -0.1) is 0 Å². The molecule has 0 aliphatic rings. The Bertz CT molecular complexity index is 865. The second kappa shape index (κ2) is 10.4. The van der Waals surface area contributed by atoms with Crippen LogP contribution >= 0.6 is 0 Å². The van der Waals surface area contributed by atoms with E-state index in [1.807, 2.05) is 0 Å². The molecule has 0 saturated heterocycles. The molecule has 0 unspecified atom stereocenters. The number of aromatic nitrogens is 1. The molecule has 2 rings (SSSR count). The van der Waals surface area contributed by atoms with Crippen molar-refractivity contribution in [2.45, 2.75) is 25.7 Å². The van der Waals surface area contributed by atoms with Crippen LogP contribution in [-0.4, -0.2) is 34.1 Å². The van der Waals surface area contributed by atoms with Gasteiger partial charge in [0.25, 0.3) is 0 Å². The minimum Gasteiger partial charge on any atom is -0.481 e. The fourth-order valence-electron chi connectivity index (χ4n) is 2.38. The Balaban J connectivity index is 1.83. The number of anilines is 2. The highest BCUT2D eigenvalue weighted by Crippen LogP contribution is 2.14. The molecule has 0 fully saturated rings. The number of carboxylic acid groups (broad SMARTS) is 1. The first-order valence-corrected chi connectivity index (χ1v) is 8.56. The van der Waals surface area contributed by atoms with E-state index in [-0.39, 0.29) is 37.5 Å². The summed E-state index contributed by atoms with van der Waals surface area (Å²) in [5.41, 5.74) is 2.03. The largest absolute Gasteiger partial charge is 0.481 e. The summed E-state index contributed by atoms with van der Waals surface area (Å²) in [4.78, 5) is 38.9. The minimum absolute atomic E-state index is 0.00483. The summed E-state index contributed by atoms with van der Waals surface area (Å²) in [6.07, 6.45) is 3.15. The molecule has 0 saturated carbocycles. The number of hydrazone groups is 1. The highest BCUT2D eigenvalue weighted by atomic mass is 16.4. The van der Waals surface area contributed by atoms with Gasteiger partial charge in [0.05, 0.1) is 6.21 Å². The summed E-state index contributed by atoms with van der Waals surface area (Å²) in [5, 5.41) is 17.5. The van der Waals surface area contributed by atoms with Gasteiger partial charge < -0.3 is 21.6 Å². The summed E-state index contributed by atoms with van der Waals surface area (Å²) >= 11 is 0. The lowest BCUT2D eigenvalue weighted by atomic mass is 10.1. The molecule has 9 heteroatoms. The molecule has 1 heterocycles. The second-order valence-corrected chi connectivity index (χ2v) is 5.90. The van der Waals surface area contributed by atoms with Gasteiger partial charge >= 0.3 is 5.97 Å². The van der Waals surface area contributed by atoms with Crippen molar-refractivity contribution in [3.05, 3.63) is 53.7 Å². The number of nitrogens with two attached hydrogens (primary N) is 1. The van der Waals surface area contributed by atoms with Crippen molar-refractivity contribution < 1.29 is 19.5 Å². The lowest BCUT2D eigenvalue weighted by Gasteiger charge is -2.09. The zero-order valence-electron chi connectivity index (χ0n) is 15.1. The number of pyridine rings is 1. The van der Waals surface area contributed by atoms with Crippen molar-refractivity contribution in [1.29, 1.82) is 0 Å². The van der Waals surface area contributed by atoms with E-state index < -0.39 is 5.97 Å². The fraction of sp³-hybridized carbons (Fsp3) is 0.211. The molecule has 5 N–H and O–H groups in total. The Kier molecular flexibility index (Phi) is 7.64. The van der Waals surface area contributed by atoms with Crippen LogP contribution < -0.4 is 16.5 Å². The highest BCUT2D eigenvalue weighted by Gasteiger charge is 2.11. The number of rotatable bonds is 9. The minimum atomic E-state index is -0.929. The Morgan fingerprint density at radius 3 is 2.36 bits per heavy atom. The SMILES string of the molecule is NN=Cc1ccc(NC(=O)CCC(=O)Nc2ncccc2CCC(=O)O)cc1. The van der Waals surface area contributed by atoms with Crippen LogP contribution in [0.1, 0.15) is 30.4 Å². The van der Waals surface area contributed by atoms with E-state index in [9.17, 15) is 14.4 Å². The third kappa shape index (κ3) is 6.87. The molecule has 0 atom stereocenters. The lowest BCUT2D eigenvalue weighted by molar-refractivity contribution is -0.137. The molecule has 2 amide bonds. The molecule has 0 bridgehead atoms. The van der Waals surface area contributed by atoms with Crippen molar-refractivity contribution in [3.8, 4) is 0 Å². The third-order valence-corrected chi connectivity index (χ3v) is 3.75. The van der Waals surface area contributed by atoms with E-state index >= 15 is 0 Å². The first-order chi connectivity index (χ1) is 13.5. The lowest BCUT2D eigenvalue weighted by Crippen LogP contribution is -2.18. The van der Waals surface area contributed by atoms with Crippen LogP contribution in [0.3, 0.4) is 0 Å². The Labute approximate surface area is 161 Å². The maximum Gasteiger partial charge on any atom is 0.303 e. The van der Waals surface area contributed by atoms with Crippen LogP contribution in [0, 0.1) is 0 Å². The predicted molar refractivity (Wildman–Crippen MR) is 105 cm³/mol. The average molecular weight is 383 g/mol. The highest BCUT2D eigenvalue weighted by molar-refractivity contribution is 5.96. The second-order valence-electron chi connectivity index (χ2n) is 5.90. The topological polar surface area (TPSA) is 147 Å². The molecular weight excluding hydrogens is 362 g/mol. The maximum absolute atomic E-state index is 12.1. The van der Waals surface area contributed by atoms with Gasteiger partial charge in [0, 0.05) is 31.1 Å². The Morgan fingerprint density at radius 1 is 1.04 bits per heavy atom. The average Bonchev–Trinajstić information content (AvgIpc) is 2.67. The number of carbonyl (C=O) groups is 3. The van der Waals surface area contributed by atoms with Gasteiger partial charge in [0.1, 0.15) is 5.82 Å². The van der Waals surface area contributed by atoms with Gasteiger partial charge in [0.15, 0.2) is 0 Å².